The molecule has 2 aliphatic heterocycles. The Hall–Kier alpha value is -3.59. The van der Waals surface area contributed by atoms with Crippen LogP contribution in [-0.4, -0.2) is 54.1 Å². The second kappa shape index (κ2) is 10.8. The minimum atomic E-state index is -0.445. The third-order valence-corrected chi connectivity index (χ3v) is 7.95. The minimum absolute atomic E-state index is 0.0715. The van der Waals surface area contributed by atoms with E-state index in [1.54, 1.807) is 57.5 Å². The first-order valence-electron chi connectivity index (χ1n) is 12.4. The van der Waals surface area contributed by atoms with Crippen LogP contribution in [0, 0.1) is 5.82 Å². The van der Waals surface area contributed by atoms with Crippen molar-refractivity contribution in [3.8, 4) is 17.2 Å². The molecule has 2 atom stereocenters. The summed E-state index contributed by atoms with van der Waals surface area (Å²) in [5, 5.41) is 2.00. The van der Waals surface area contributed by atoms with Crippen LogP contribution in [0.25, 0.3) is 0 Å². The molecule has 0 radical (unpaired) electrons. The number of fused-ring (bicyclic) bond motifs is 2. The fraction of sp³-hybridized carbons (Fsp3) is 0.357. The van der Waals surface area contributed by atoms with Crippen molar-refractivity contribution >= 4 is 23.2 Å². The average molecular weight is 525 g/mol. The summed E-state index contributed by atoms with van der Waals surface area (Å²) in [6.45, 7) is 4.59. The van der Waals surface area contributed by atoms with Gasteiger partial charge >= 0.3 is 0 Å². The van der Waals surface area contributed by atoms with Crippen molar-refractivity contribution in [3.63, 3.8) is 0 Å². The highest BCUT2D eigenvalue weighted by atomic mass is 32.1. The van der Waals surface area contributed by atoms with Gasteiger partial charge in [0.25, 0.3) is 5.91 Å². The molecule has 0 fully saturated rings. The van der Waals surface area contributed by atoms with Gasteiger partial charge in [0.05, 0.1) is 6.04 Å². The van der Waals surface area contributed by atoms with E-state index in [4.69, 9.17) is 14.2 Å². The van der Waals surface area contributed by atoms with Crippen molar-refractivity contribution in [1.82, 2.24) is 9.80 Å². The minimum Gasteiger partial charge on any atom is -0.488 e. The van der Waals surface area contributed by atoms with Gasteiger partial charge in [-0.05, 0) is 67.1 Å². The number of para-hydroxylation sites is 1. The molecule has 2 aromatic carbocycles. The number of hydrogen-bond donors (Lipinski definition) is 0. The first kappa shape index (κ1) is 25.1. The van der Waals surface area contributed by atoms with Gasteiger partial charge in [-0.1, -0.05) is 19.1 Å². The Balaban J connectivity index is 1.36. The number of hydrogen-bond acceptors (Lipinski definition) is 6. The maximum Gasteiger partial charge on any atom is 0.254 e. The number of thiophene rings is 1. The van der Waals surface area contributed by atoms with Crippen LogP contribution < -0.4 is 14.2 Å². The van der Waals surface area contributed by atoms with E-state index in [1.807, 2.05) is 25.3 Å². The van der Waals surface area contributed by atoms with Crippen LogP contribution in [0.3, 0.4) is 0 Å². The van der Waals surface area contributed by atoms with E-state index in [1.165, 1.54) is 10.9 Å². The largest absolute Gasteiger partial charge is 0.488 e. The van der Waals surface area contributed by atoms with Gasteiger partial charge in [0.15, 0.2) is 23.1 Å². The normalized spacial score (nSPS) is 16.7. The summed E-state index contributed by atoms with van der Waals surface area (Å²) in [6.07, 6.45) is 1.42. The lowest BCUT2D eigenvalue weighted by atomic mass is 10.00. The number of amides is 2. The smallest absolute Gasteiger partial charge is 0.254 e. The number of ether oxygens (including phenoxy) is 3. The Kier molecular flexibility index (Phi) is 7.32. The highest BCUT2D eigenvalue weighted by molar-refractivity contribution is 7.10. The van der Waals surface area contributed by atoms with Crippen LogP contribution in [0.15, 0.2) is 53.9 Å². The third kappa shape index (κ3) is 5.13. The summed E-state index contributed by atoms with van der Waals surface area (Å²) in [7, 11) is 0. The average Bonchev–Trinajstić information content (AvgIpc) is 3.59. The summed E-state index contributed by atoms with van der Waals surface area (Å²) >= 11 is 1.65. The van der Waals surface area contributed by atoms with E-state index < -0.39 is 5.82 Å². The van der Waals surface area contributed by atoms with Gasteiger partial charge in [0.2, 0.25) is 12.7 Å². The molecule has 37 heavy (non-hydrogen) atoms. The van der Waals surface area contributed by atoms with Crippen LogP contribution in [0.1, 0.15) is 47.1 Å². The maximum absolute atomic E-state index is 14.2. The molecule has 0 saturated carbocycles. The lowest BCUT2D eigenvalue weighted by molar-refractivity contribution is -0.136. The van der Waals surface area contributed by atoms with E-state index in [0.29, 0.717) is 30.0 Å². The van der Waals surface area contributed by atoms with E-state index >= 15 is 0 Å². The number of carbonyl (C=O) groups excluding carboxylic acids is 2. The lowest BCUT2D eigenvalue weighted by Gasteiger charge is -2.38. The molecule has 3 heterocycles. The zero-order valence-electron chi connectivity index (χ0n) is 20.8. The van der Waals surface area contributed by atoms with E-state index in [2.05, 4.69) is 0 Å². The quantitative estimate of drug-likeness (QED) is 0.412. The van der Waals surface area contributed by atoms with Gasteiger partial charge in [0, 0.05) is 23.0 Å². The molecule has 0 saturated heterocycles. The second-order valence-corrected chi connectivity index (χ2v) is 10.2. The number of halogens is 1. The first-order chi connectivity index (χ1) is 18.0. The molecule has 9 heteroatoms. The van der Waals surface area contributed by atoms with Gasteiger partial charge in [-0.2, -0.15) is 0 Å². The Morgan fingerprint density at radius 2 is 2.00 bits per heavy atom. The highest BCUT2D eigenvalue weighted by Crippen LogP contribution is 2.35. The summed E-state index contributed by atoms with van der Waals surface area (Å²) in [6, 6.07) is 12.8. The molecule has 0 aliphatic carbocycles. The van der Waals surface area contributed by atoms with Crippen LogP contribution in [0.5, 0.6) is 17.2 Å². The van der Waals surface area contributed by atoms with Crippen LogP contribution in [0.4, 0.5) is 4.39 Å². The Labute approximate surface area is 219 Å². The SMILES string of the molecule is CC[C@@H](C)N(CC(=O)N1CCc2sccc2[C@@H]1COc1ccccc1F)C(=O)c1ccc2c(c1)OCO2. The number of carbonyl (C=O) groups is 2. The van der Waals surface area contributed by atoms with Crippen molar-refractivity contribution in [2.45, 2.75) is 38.8 Å². The molecule has 194 valence electrons. The Morgan fingerprint density at radius 1 is 1.19 bits per heavy atom. The van der Waals surface area contributed by atoms with E-state index in [9.17, 15) is 14.0 Å². The second-order valence-electron chi connectivity index (χ2n) is 9.15. The Morgan fingerprint density at radius 3 is 2.81 bits per heavy atom. The van der Waals surface area contributed by atoms with Gasteiger partial charge in [-0.3, -0.25) is 9.59 Å². The molecular formula is C28H29FN2O5S. The van der Waals surface area contributed by atoms with Crippen molar-refractivity contribution in [1.29, 1.82) is 0 Å². The fourth-order valence-corrected chi connectivity index (χ4v) is 5.61. The standard InChI is InChI=1S/C28H29FN2O5S/c1-3-18(2)31(28(33)19-8-9-24-25(14-19)36-17-35-24)15-27(32)30-12-10-26-20(11-13-37-26)22(30)16-34-23-7-5-4-6-21(23)29/h4-9,11,13-14,18,22H,3,10,12,15-17H2,1-2H3/t18-,22+/m1/s1. The molecule has 5 rings (SSSR count). The molecule has 0 bridgehead atoms. The predicted molar refractivity (Wildman–Crippen MR) is 138 cm³/mol. The van der Waals surface area contributed by atoms with Gasteiger partial charge in [-0.25, -0.2) is 4.39 Å². The molecule has 0 N–H and O–H groups in total. The zero-order chi connectivity index (χ0) is 25.9. The third-order valence-electron chi connectivity index (χ3n) is 6.96. The van der Waals surface area contributed by atoms with E-state index in [0.717, 1.165) is 12.0 Å². The number of benzene rings is 2. The molecule has 2 aliphatic rings. The van der Waals surface area contributed by atoms with Crippen LogP contribution in [-0.2, 0) is 11.2 Å². The molecule has 0 spiro atoms. The maximum atomic E-state index is 14.2. The van der Waals surface area contributed by atoms with Crippen molar-refractivity contribution in [2.24, 2.45) is 0 Å². The molecule has 3 aromatic rings. The van der Waals surface area contributed by atoms with E-state index in [-0.39, 0.29) is 49.6 Å². The topological polar surface area (TPSA) is 68.3 Å². The van der Waals surface area contributed by atoms with Crippen LogP contribution >= 0.6 is 11.3 Å². The molecular weight excluding hydrogens is 495 g/mol. The lowest BCUT2D eigenvalue weighted by Crippen LogP contribution is -2.49. The van der Waals surface area contributed by atoms with Gasteiger partial charge < -0.3 is 24.0 Å². The number of nitrogens with zero attached hydrogens (tertiary/aromatic N) is 2. The molecule has 0 unspecified atom stereocenters. The van der Waals surface area contributed by atoms with Crippen molar-refractivity contribution < 1.29 is 28.2 Å². The monoisotopic (exact) mass is 524 g/mol. The number of rotatable bonds is 8. The molecule has 7 nitrogen and oxygen atoms in total. The summed E-state index contributed by atoms with van der Waals surface area (Å²) in [5.41, 5.74) is 1.45. The van der Waals surface area contributed by atoms with Crippen molar-refractivity contribution in [2.75, 3.05) is 26.5 Å². The summed E-state index contributed by atoms with van der Waals surface area (Å²) in [4.78, 5) is 31.8. The summed E-state index contributed by atoms with van der Waals surface area (Å²) in [5.74, 6) is 0.408. The van der Waals surface area contributed by atoms with Crippen molar-refractivity contribution in [3.05, 3.63) is 75.7 Å². The van der Waals surface area contributed by atoms with Crippen LogP contribution in [0.2, 0.25) is 0 Å². The van der Waals surface area contributed by atoms with Gasteiger partial charge in [-0.15, -0.1) is 11.3 Å². The Bertz CT molecular complexity index is 1300. The van der Waals surface area contributed by atoms with Gasteiger partial charge in [0.1, 0.15) is 13.2 Å². The summed E-state index contributed by atoms with van der Waals surface area (Å²) < 4.78 is 30.8. The predicted octanol–water partition coefficient (Wildman–Crippen LogP) is 5.06. The highest BCUT2D eigenvalue weighted by Gasteiger charge is 2.35. The first-order valence-corrected chi connectivity index (χ1v) is 13.3. The fourth-order valence-electron chi connectivity index (χ4n) is 4.69. The molecule has 1 aromatic heterocycles. The molecule has 2 amide bonds. The zero-order valence-corrected chi connectivity index (χ0v) is 21.6.